The van der Waals surface area contributed by atoms with Gasteiger partial charge in [0.1, 0.15) is 0 Å². The van der Waals surface area contributed by atoms with E-state index in [9.17, 15) is 14.7 Å². The molecule has 2 rings (SSSR count). The van der Waals surface area contributed by atoms with E-state index in [1.54, 1.807) is 12.1 Å². The number of nitrogens with one attached hydrogen (secondary N) is 1. The summed E-state index contributed by atoms with van der Waals surface area (Å²) in [6, 6.07) is 7.38. The summed E-state index contributed by atoms with van der Waals surface area (Å²) >= 11 is 0. The maximum atomic E-state index is 12.9. The molecule has 0 spiro atoms. The zero-order valence-electron chi connectivity index (χ0n) is 14.4. The van der Waals surface area contributed by atoms with Gasteiger partial charge in [0.15, 0.2) is 28.8 Å². The first-order valence-corrected chi connectivity index (χ1v) is 7.36. The van der Waals surface area contributed by atoms with Gasteiger partial charge in [0, 0.05) is 18.6 Å². The molecule has 0 aromatic heterocycles. The molecular formula is C18H19NO6. The van der Waals surface area contributed by atoms with Crippen molar-refractivity contribution in [3.05, 3.63) is 41.5 Å². The van der Waals surface area contributed by atoms with Crippen LogP contribution in [-0.2, 0) is 4.79 Å². The van der Waals surface area contributed by atoms with Crippen LogP contribution in [0.1, 0.15) is 22.8 Å². The fourth-order valence-electron chi connectivity index (χ4n) is 2.35. The highest BCUT2D eigenvalue weighted by Gasteiger charge is 2.20. The van der Waals surface area contributed by atoms with Crippen LogP contribution in [0.2, 0.25) is 0 Å². The first-order valence-electron chi connectivity index (χ1n) is 7.36. The zero-order chi connectivity index (χ0) is 18.6. The monoisotopic (exact) mass is 345 g/mol. The molecule has 0 saturated heterocycles. The molecule has 0 aliphatic carbocycles. The van der Waals surface area contributed by atoms with Crippen molar-refractivity contribution in [3.8, 4) is 23.0 Å². The zero-order valence-corrected chi connectivity index (χ0v) is 14.4. The number of rotatable bonds is 6. The van der Waals surface area contributed by atoms with Crippen LogP contribution in [0.15, 0.2) is 30.3 Å². The number of carbonyl (C=O) groups excluding carboxylic acids is 2. The second-order valence-corrected chi connectivity index (χ2v) is 5.15. The number of ketones is 1. The number of ether oxygens (including phenoxy) is 3. The molecule has 132 valence electrons. The first-order chi connectivity index (χ1) is 11.9. The highest BCUT2D eigenvalue weighted by atomic mass is 16.5. The molecule has 2 aromatic carbocycles. The molecule has 0 saturated carbocycles. The van der Waals surface area contributed by atoms with Gasteiger partial charge in [-0.1, -0.05) is 0 Å². The van der Waals surface area contributed by atoms with E-state index in [2.05, 4.69) is 5.32 Å². The smallest absolute Gasteiger partial charge is 0.221 e. The van der Waals surface area contributed by atoms with Gasteiger partial charge in [-0.05, 0) is 24.3 Å². The number of anilines is 1. The summed E-state index contributed by atoms with van der Waals surface area (Å²) in [6.07, 6.45) is 0. The van der Waals surface area contributed by atoms with Gasteiger partial charge in [-0.15, -0.1) is 0 Å². The summed E-state index contributed by atoms with van der Waals surface area (Å²) in [5.41, 5.74) is 0.694. The normalized spacial score (nSPS) is 10.1. The minimum Gasteiger partial charge on any atom is -0.504 e. The van der Waals surface area contributed by atoms with E-state index < -0.39 is 0 Å². The Labute approximate surface area is 145 Å². The van der Waals surface area contributed by atoms with E-state index in [0.29, 0.717) is 17.1 Å². The van der Waals surface area contributed by atoms with Crippen LogP contribution in [0.3, 0.4) is 0 Å². The average molecular weight is 345 g/mol. The summed E-state index contributed by atoms with van der Waals surface area (Å²) in [5, 5.41) is 12.4. The molecule has 0 radical (unpaired) electrons. The molecule has 0 heterocycles. The predicted octanol–water partition coefficient (Wildman–Crippen LogP) is 2.61. The molecule has 7 heteroatoms. The van der Waals surface area contributed by atoms with Crippen molar-refractivity contribution in [2.45, 2.75) is 6.92 Å². The van der Waals surface area contributed by atoms with Crippen LogP contribution in [-0.4, -0.2) is 38.1 Å². The Hall–Kier alpha value is -3.22. The highest BCUT2D eigenvalue weighted by molar-refractivity contribution is 6.14. The van der Waals surface area contributed by atoms with E-state index in [1.165, 1.54) is 46.5 Å². The van der Waals surface area contributed by atoms with Gasteiger partial charge in [-0.25, -0.2) is 0 Å². The van der Waals surface area contributed by atoms with Gasteiger partial charge < -0.3 is 24.6 Å². The third-order valence-corrected chi connectivity index (χ3v) is 3.52. The maximum absolute atomic E-state index is 12.9. The number of phenols is 1. The van der Waals surface area contributed by atoms with Gasteiger partial charge in [0.25, 0.3) is 0 Å². The topological polar surface area (TPSA) is 94.1 Å². The predicted molar refractivity (Wildman–Crippen MR) is 91.9 cm³/mol. The largest absolute Gasteiger partial charge is 0.504 e. The van der Waals surface area contributed by atoms with Crippen molar-refractivity contribution >= 4 is 17.4 Å². The van der Waals surface area contributed by atoms with Crippen molar-refractivity contribution < 1.29 is 28.9 Å². The lowest BCUT2D eigenvalue weighted by atomic mass is 10.00. The number of methoxy groups -OCH3 is 3. The van der Waals surface area contributed by atoms with Crippen molar-refractivity contribution in [2.24, 2.45) is 0 Å². The maximum Gasteiger partial charge on any atom is 0.221 e. The van der Waals surface area contributed by atoms with E-state index in [-0.39, 0.29) is 34.4 Å². The number of aromatic hydroxyl groups is 1. The molecular weight excluding hydrogens is 326 g/mol. The summed E-state index contributed by atoms with van der Waals surface area (Å²) in [6.45, 7) is 1.31. The molecule has 25 heavy (non-hydrogen) atoms. The summed E-state index contributed by atoms with van der Waals surface area (Å²) in [5.74, 6) is 0.0894. The van der Waals surface area contributed by atoms with Crippen LogP contribution >= 0.6 is 0 Å². The van der Waals surface area contributed by atoms with Crippen LogP contribution < -0.4 is 19.5 Å². The Bertz CT molecular complexity index is 815. The second kappa shape index (κ2) is 7.57. The Morgan fingerprint density at radius 1 is 0.920 bits per heavy atom. The van der Waals surface area contributed by atoms with Gasteiger partial charge in [-0.3, -0.25) is 9.59 Å². The highest BCUT2D eigenvalue weighted by Crippen LogP contribution is 2.35. The first kappa shape index (κ1) is 18.1. The number of hydrogen-bond acceptors (Lipinski definition) is 6. The second-order valence-electron chi connectivity index (χ2n) is 5.15. The van der Waals surface area contributed by atoms with Crippen LogP contribution in [0.4, 0.5) is 5.69 Å². The Kier molecular flexibility index (Phi) is 5.49. The van der Waals surface area contributed by atoms with Gasteiger partial charge in [0.2, 0.25) is 5.91 Å². The minimum absolute atomic E-state index is 0.123. The number of benzene rings is 2. The summed E-state index contributed by atoms with van der Waals surface area (Å²) < 4.78 is 15.4. The minimum atomic E-state index is -0.372. The number of hydrogen-bond donors (Lipinski definition) is 2. The molecule has 0 aliphatic heterocycles. The van der Waals surface area contributed by atoms with Crippen molar-refractivity contribution in [2.75, 3.05) is 26.6 Å². The Morgan fingerprint density at radius 2 is 1.56 bits per heavy atom. The van der Waals surface area contributed by atoms with Gasteiger partial charge >= 0.3 is 0 Å². The summed E-state index contributed by atoms with van der Waals surface area (Å²) in [7, 11) is 4.34. The molecule has 0 fully saturated rings. The van der Waals surface area contributed by atoms with E-state index >= 15 is 0 Å². The SMILES string of the molecule is COc1cc(C(=O)c2ccc(OC)c(OC)c2)c(NC(C)=O)cc1O. The quantitative estimate of drug-likeness (QED) is 0.782. The summed E-state index contributed by atoms with van der Waals surface area (Å²) in [4.78, 5) is 24.3. The lowest BCUT2D eigenvalue weighted by molar-refractivity contribution is -0.114. The molecule has 0 unspecified atom stereocenters. The van der Waals surface area contributed by atoms with Gasteiger partial charge in [-0.2, -0.15) is 0 Å². The van der Waals surface area contributed by atoms with E-state index in [0.717, 1.165) is 0 Å². The van der Waals surface area contributed by atoms with Crippen LogP contribution in [0, 0.1) is 0 Å². The fourth-order valence-corrected chi connectivity index (χ4v) is 2.35. The van der Waals surface area contributed by atoms with Gasteiger partial charge in [0.05, 0.1) is 32.6 Å². The van der Waals surface area contributed by atoms with E-state index in [1.807, 2.05) is 0 Å². The molecule has 0 aliphatic rings. The number of amides is 1. The molecule has 1 amide bonds. The van der Waals surface area contributed by atoms with Crippen LogP contribution in [0.5, 0.6) is 23.0 Å². The number of carbonyl (C=O) groups is 2. The fraction of sp³-hybridized carbons (Fsp3) is 0.222. The van der Waals surface area contributed by atoms with Crippen LogP contribution in [0.25, 0.3) is 0 Å². The molecule has 2 aromatic rings. The Morgan fingerprint density at radius 3 is 2.12 bits per heavy atom. The third-order valence-electron chi connectivity index (χ3n) is 3.52. The number of phenolic OH excluding ortho intramolecular Hbond substituents is 1. The molecule has 7 nitrogen and oxygen atoms in total. The third kappa shape index (κ3) is 3.82. The molecule has 2 N–H and O–H groups in total. The van der Waals surface area contributed by atoms with Crippen molar-refractivity contribution in [3.63, 3.8) is 0 Å². The standard InChI is InChI=1S/C18H19NO6/c1-10(20)19-13-9-14(21)16(24-3)8-12(13)18(22)11-5-6-15(23-2)17(7-11)25-4/h5-9,21H,1-4H3,(H,19,20). The lowest BCUT2D eigenvalue weighted by Crippen LogP contribution is -2.12. The molecule has 0 atom stereocenters. The van der Waals surface area contributed by atoms with Crippen molar-refractivity contribution in [1.29, 1.82) is 0 Å². The average Bonchev–Trinajstić information content (AvgIpc) is 2.60. The Balaban J connectivity index is 2.55. The lowest BCUT2D eigenvalue weighted by Gasteiger charge is -2.14. The molecule has 0 bridgehead atoms. The van der Waals surface area contributed by atoms with Crippen molar-refractivity contribution in [1.82, 2.24) is 0 Å². The van der Waals surface area contributed by atoms with E-state index in [4.69, 9.17) is 14.2 Å².